The van der Waals surface area contributed by atoms with Gasteiger partial charge in [-0.15, -0.1) is 0 Å². The normalized spacial score (nSPS) is 16.2. The predicted molar refractivity (Wildman–Crippen MR) is 237 cm³/mol. The molecule has 4 amide bonds. The summed E-state index contributed by atoms with van der Waals surface area (Å²) in [5.41, 5.74) is 4.14. The largest absolute Gasteiger partial charge is 0.327 e. The van der Waals surface area contributed by atoms with Crippen LogP contribution >= 0.6 is 23.5 Å². The van der Waals surface area contributed by atoms with Crippen molar-refractivity contribution in [3.8, 4) is 0 Å². The van der Waals surface area contributed by atoms with Crippen molar-refractivity contribution in [2.45, 2.75) is 57.6 Å². The minimum Gasteiger partial charge on any atom is -0.327 e. The highest BCUT2D eigenvalue weighted by Crippen LogP contribution is 2.33. The fourth-order valence-corrected chi connectivity index (χ4v) is 9.13. The minimum atomic E-state index is -0.580. The van der Waals surface area contributed by atoms with Gasteiger partial charge in [-0.2, -0.15) is 0 Å². The molecule has 0 unspecified atom stereocenters. The molecule has 0 saturated carbocycles. The fourth-order valence-electron chi connectivity index (χ4n) is 7.34. The lowest BCUT2D eigenvalue weighted by Gasteiger charge is -2.24. The summed E-state index contributed by atoms with van der Waals surface area (Å²) in [6.07, 6.45) is 9.95. The molecule has 2 fully saturated rings. The number of anilines is 2. The number of likely N-dealkylation sites (tertiary alicyclic amines) is 2. The Hall–Kier alpha value is -6.50. The van der Waals surface area contributed by atoms with Crippen LogP contribution in [0.5, 0.6) is 0 Å². The SMILES string of the molecule is O=C(Nc1ccc(/C=C/c2ccc(NC(=O)[C@@H]3CCCN3C(=O)c3cccnc3Sc3ccccc3)cc2)cc1)[C@@H]1CCCN1C(=O)c1cccnc1Sc1ccccc1. The van der Waals surface area contributed by atoms with Gasteiger partial charge in [-0.3, -0.25) is 19.2 Å². The predicted octanol–water partition coefficient (Wildman–Crippen LogP) is 9.44. The number of amides is 4. The second-order valence-electron chi connectivity index (χ2n) is 14.4. The van der Waals surface area contributed by atoms with Gasteiger partial charge in [-0.1, -0.05) is 96.3 Å². The van der Waals surface area contributed by atoms with E-state index in [1.54, 1.807) is 46.5 Å². The van der Waals surface area contributed by atoms with Crippen LogP contribution in [0.3, 0.4) is 0 Å². The second-order valence-corrected chi connectivity index (χ2v) is 16.5. The van der Waals surface area contributed by atoms with Gasteiger partial charge in [0.15, 0.2) is 0 Å². The van der Waals surface area contributed by atoms with E-state index in [0.717, 1.165) is 33.8 Å². The van der Waals surface area contributed by atoms with E-state index in [0.29, 0.717) is 58.5 Å². The molecule has 0 bridgehead atoms. The Kier molecular flexibility index (Phi) is 12.8. The Balaban J connectivity index is 0.842. The summed E-state index contributed by atoms with van der Waals surface area (Å²) in [6, 6.07) is 40.5. The summed E-state index contributed by atoms with van der Waals surface area (Å²) in [5.74, 6) is -0.830. The first-order chi connectivity index (χ1) is 29.4. The summed E-state index contributed by atoms with van der Waals surface area (Å²) >= 11 is 2.86. The van der Waals surface area contributed by atoms with Crippen molar-refractivity contribution in [1.29, 1.82) is 0 Å². The number of aromatic nitrogens is 2. The molecule has 4 heterocycles. The quantitative estimate of drug-likeness (QED) is 0.117. The third-order valence-electron chi connectivity index (χ3n) is 10.4. The van der Waals surface area contributed by atoms with Crippen LogP contribution in [0.1, 0.15) is 57.5 Å². The van der Waals surface area contributed by atoms with Crippen LogP contribution in [0.4, 0.5) is 11.4 Å². The van der Waals surface area contributed by atoms with Crippen molar-refractivity contribution < 1.29 is 19.2 Å². The molecule has 12 heteroatoms. The molecule has 2 N–H and O–H groups in total. The minimum absolute atomic E-state index is 0.198. The monoisotopic (exact) mass is 830 g/mol. The fraction of sp³-hybridized carbons (Fsp3) is 0.167. The third-order valence-corrected chi connectivity index (χ3v) is 12.4. The number of pyridine rings is 2. The number of hydrogen-bond acceptors (Lipinski definition) is 8. The lowest BCUT2D eigenvalue weighted by atomic mass is 10.1. The second kappa shape index (κ2) is 19.0. The molecule has 2 aliphatic heterocycles. The number of nitrogens with zero attached hydrogens (tertiary/aromatic N) is 4. The first-order valence-corrected chi connectivity index (χ1v) is 21.5. The highest BCUT2D eigenvalue weighted by molar-refractivity contribution is 7.99. The van der Waals surface area contributed by atoms with Crippen LogP contribution in [0.15, 0.2) is 166 Å². The van der Waals surface area contributed by atoms with Crippen molar-refractivity contribution in [1.82, 2.24) is 19.8 Å². The van der Waals surface area contributed by atoms with E-state index in [1.807, 2.05) is 121 Å². The molecule has 0 aliphatic carbocycles. The standard InChI is InChI=1S/C48H42N6O4S2/c55-43(41-17-9-31-53(41)47(57)39-15-7-29-49-45(39)59-37-11-3-1-4-12-37)51-35-25-21-33(22-26-35)19-20-34-23-27-36(28-24-34)52-44(56)42-18-10-32-54(42)48(58)40-16-8-30-50-46(40)60-38-13-5-2-6-14-38/h1-8,11-16,19-30,41-42H,9-10,17-18,31-32H2,(H,51,55)(H,52,56)/b20-19+/t41-,42-/m0/s1. The average Bonchev–Trinajstić information content (AvgIpc) is 3.99. The summed E-state index contributed by atoms with van der Waals surface area (Å²) in [6.45, 7) is 1.00. The molecule has 300 valence electrons. The van der Waals surface area contributed by atoms with Crippen molar-refractivity contribution >= 4 is 70.7 Å². The van der Waals surface area contributed by atoms with Crippen molar-refractivity contribution in [3.05, 3.63) is 168 Å². The summed E-state index contributed by atoms with van der Waals surface area (Å²) in [5, 5.41) is 7.24. The summed E-state index contributed by atoms with van der Waals surface area (Å²) < 4.78 is 0. The van der Waals surface area contributed by atoms with Gasteiger partial charge in [0.1, 0.15) is 22.1 Å². The van der Waals surface area contributed by atoms with Gasteiger partial charge in [0.25, 0.3) is 11.8 Å². The van der Waals surface area contributed by atoms with Crippen LogP contribution in [-0.4, -0.2) is 68.6 Å². The maximum absolute atomic E-state index is 13.8. The molecule has 60 heavy (non-hydrogen) atoms. The third kappa shape index (κ3) is 9.68. The van der Waals surface area contributed by atoms with Crippen molar-refractivity contribution in [2.24, 2.45) is 0 Å². The van der Waals surface area contributed by atoms with E-state index in [9.17, 15) is 19.2 Å². The zero-order valence-electron chi connectivity index (χ0n) is 32.6. The smallest absolute Gasteiger partial charge is 0.257 e. The Bertz CT molecular complexity index is 2330. The van der Waals surface area contributed by atoms with E-state index in [1.165, 1.54) is 23.5 Å². The van der Waals surface area contributed by atoms with Crippen LogP contribution in [0.2, 0.25) is 0 Å². The van der Waals surface area contributed by atoms with E-state index < -0.39 is 12.1 Å². The van der Waals surface area contributed by atoms with Crippen LogP contribution in [0, 0.1) is 0 Å². The molecule has 0 spiro atoms. The molecular formula is C48H42N6O4S2. The number of nitrogens with one attached hydrogen (secondary N) is 2. The Morgan fingerprint density at radius 1 is 0.517 bits per heavy atom. The highest BCUT2D eigenvalue weighted by atomic mass is 32.2. The Labute approximate surface area is 357 Å². The number of hydrogen-bond donors (Lipinski definition) is 2. The van der Waals surface area contributed by atoms with E-state index in [-0.39, 0.29) is 23.6 Å². The van der Waals surface area contributed by atoms with Gasteiger partial charge >= 0.3 is 0 Å². The van der Waals surface area contributed by atoms with E-state index >= 15 is 0 Å². The van der Waals surface area contributed by atoms with Crippen LogP contribution in [-0.2, 0) is 9.59 Å². The summed E-state index contributed by atoms with van der Waals surface area (Å²) in [7, 11) is 0. The molecular weight excluding hydrogens is 789 g/mol. The average molecular weight is 831 g/mol. The van der Waals surface area contributed by atoms with Gasteiger partial charge in [0.05, 0.1) is 11.1 Å². The topological polar surface area (TPSA) is 125 Å². The van der Waals surface area contributed by atoms with E-state index in [4.69, 9.17) is 0 Å². The Morgan fingerprint density at radius 3 is 1.32 bits per heavy atom. The highest BCUT2D eigenvalue weighted by Gasteiger charge is 2.37. The molecule has 8 rings (SSSR count). The number of carbonyl (C=O) groups excluding carboxylic acids is 4. The number of benzene rings is 4. The lowest BCUT2D eigenvalue weighted by molar-refractivity contribution is -0.120. The molecule has 2 atom stereocenters. The van der Waals surface area contributed by atoms with Gasteiger partial charge in [0, 0.05) is 46.6 Å². The number of carbonyl (C=O) groups is 4. The van der Waals surface area contributed by atoms with Gasteiger partial charge in [-0.25, -0.2) is 9.97 Å². The van der Waals surface area contributed by atoms with Crippen LogP contribution < -0.4 is 10.6 Å². The zero-order chi connectivity index (χ0) is 41.3. The van der Waals surface area contributed by atoms with E-state index in [2.05, 4.69) is 20.6 Å². The molecule has 6 aromatic rings. The molecule has 2 aliphatic rings. The Morgan fingerprint density at radius 2 is 0.917 bits per heavy atom. The summed E-state index contributed by atoms with van der Waals surface area (Å²) in [4.78, 5) is 68.7. The number of rotatable bonds is 12. The zero-order valence-corrected chi connectivity index (χ0v) is 34.3. The maximum atomic E-state index is 13.8. The van der Waals surface area contributed by atoms with Crippen molar-refractivity contribution in [3.63, 3.8) is 0 Å². The lowest BCUT2D eigenvalue weighted by Crippen LogP contribution is -2.43. The van der Waals surface area contributed by atoms with Crippen LogP contribution in [0.25, 0.3) is 12.2 Å². The molecule has 0 radical (unpaired) electrons. The van der Waals surface area contributed by atoms with Gasteiger partial charge in [0.2, 0.25) is 11.8 Å². The first-order valence-electron chi connectivity index (χ1n) is 19.9. The molecule has 4 aromatic carbocycles. The molecule has 10 nitrogen and oxygen atoms in total. The molecule has 2 saturated heterocycles. The van der Waals surface area contributed by atoms with Crippen molar-refractivity contribution in [2.75, 3.05) is 23.7 Å². The maximum Gasteiger partial charge on any atom is 0.257 e. The first kappa shape index (κ1) is 40.3. The van der Waals surface area contributed by atoms with Gasteiger partial charge < -0.3 is 20.4 Å². The van der Waals surface area contributed by atoms with Gasteiger partial charge in [-0.05, 0) is 110 Å². The molecule has 2 aromatic heterocycles.